The number of para-hydroxylation sites is 1. The minimum atomic E-state index is -0.149. The summed E-state index contributed by atoms with van der Waals surface area (Å²) in [5, 5.41) is 2.35. The number of carbonyl (C=O) groups is 1. The second-order valence-electron chi connectivity index (χ2n) is 7.68. The van der Waals surface area contributed by atoms with E-state index >= 15 is 0 Å². The number of carbonyl (C=O) groups excluding carboxylic acids is 1. The highest BCUT2D eigenvalue weighted by Crippen LogP contribution is 2.37. The van der Waals surface area contributed by atoms with Crippen molar-refractivity contribution in [1.29, 1.82) is 0 Å². The van der Waals surface area contributed by atoms with Crippen molar-refractivity contribution in [3.8, 4) is 11.5 Å². The van der Waals surface area contributed by atoms with Crippen LogP contribution in [0.5, 0.6) is 11.5 Å². The van der Waals surface area contributed by atoms with E-state index in [0.717, 1.165) is 16.9 Å². The molecule has 1 fully saturated rings. The second-order valence-corrected chi connectivity index (χ2v) is 9.36. The normalized spacial score (nSPS) is 14.7. The van der Waals surface area contributed by atoms with Crippen molar-refractivity contribution >= 4 is 56.7 Å². The van der Waals surface area contributed by atoms with Gasteiger partial charge in [0.25, 0.3) is 5.91 Å². The summed E-state index contributed by atoms with van der Waals surface area (Å²) in [6.07, 6.45) is 1.85. The van der Waals surface area contributed by atoms with E-state index in [9.17, 15) is 4.79 Å². The molecule has 4 aromatic carbocycles. The number of anilines is 1. The van der Waals surface area contributed by atoms with Gasteiger partial charge in [-0.1, -0.05) is 84.6 Å². The molecule has 34 heavy (non-hydrogen) atoms. The average molecular weight is 484 g/mol. The number of amides is 1. The summed E-state index contributed by atoms with van der Waals surface area (Å²) in [6, 6.07) is 29.5. The number of methoxy groups -OCH3 is 1. The van der Waals surface area contributed by atoms with Crippen LogP contribution in [-0.4, -0.2) is 17.3 Å². The van der Waals surface area contributed by atoms with Gasteiger partial charge >= 0.3 is 0 Å². The molecule has 0 N–H and O–H groups in total. The van der Waals surface area contributed by atoms with Crippen LogP contribution in [0.2, 0.25) is 0 Å². The Labute approximate surface area is 207 Å². The largest absolute Gasteiger partial charge is 0.497 e. The molecule has 0 atom stereocenters. The van der Waals surface area contributed by atoms with Gasteiger partial charge in [0.15, 0.2) is 4.32 Å². The zero-order valence-corrected chi connectivity index (χ0v) is 20.1. The molecule has 0 bridgehead atoms. The van der Waals surface area contributed by atoms with Crippen LogP contribution in [0.25, 0.3) is 16.8 Å². The van der Waals surface area contributed by atoms with Gasteiger partial charge in [-0.05, 0) is 52.7 Å². The van der Waals surface area contributed by atoms with Crippen molar-refractivity contribution in [1.82, 2.24) is 0 Å². The Morgan fingerprint density at radius 2 is 1.65 bits per heavy atom. The zero-order valence-electron chi connectivity index (χ0n) is 18.4. The highest BCUT2D eigenvalue weighted by Gasteiger charge is 2.33. The number of hydrogen-bond donors (Lipinski definition) is 0. The van der Waals surface area contributed by atoms with E-state index in [0.29, 0.717) is 27.3 Å². The molecule has 6 heteroatoms. The Morgan fingerprint density at radius 1 is 0.912 bits per heavy atom. The maximum atomic E-state index is 13.2. The lowest BCUT2D eigenvalue weighted by Gasteiger charge is -2.14. The first-order chi connectivity index (χ1) is 16.6. The molecular weight excluding hydrogens is 462 g/mol. The summed E-state index contributed by atoms with van der Waals surface area (Å²) in [5.74, 6) is 1.29. The third kappa shape index (κ3) is 4.42. The van der Waals surface area contributed by atoms with Crippen LogP contribution in [0, 0.1) is 0 Å². The van der Waals surface area contributed by atoms with Gasteiger partial charge in [-0.3, -0.25) is 9.69 Å². The van der Waals surface area contributed by atoms with Gasteiger partial charge in [-0.25, -0.2) is 0 Å². The first-order valence-corrected chi connectivity index (χ1v) is 12.0. The number of hydrogen-bond acceptors (Lipinski definition) is 5. The minimum absolute atomic E-state index is 0.149. The van der Waals surface area contributed by atoms with Crippen LogP contribution >= 0.6 is 24.0 Å². The van der Waals surface area contributed by atoms with E-state index in [-0.39, 0.29) is 5.91 Å². The van der Waals surface area contributed by atoms with E-state index in [4.69, 9.17) is 21.7 Å². The van der Waals surface area contributed by atoms with Crippen LogP contribution < -0.4 is 14.4 Å². The van der Waals surface area contributed by atoms with Gasteiger partial charge in [0, 0.05) is 5.56 Å². The van der Waals surface area contributed by atoms with Crippen LogP contribution in [0.1, 0.15) is 11.1 Å². The minimum Gasteiger partial charge on any atom is -0.497 e. The average Bonchev–Trinajstić information content (AvgIpc) is 3.16. The fourth-order valence-electron chi connectivity index (χ4n) is 3.87. The number of fused-ring (bicyclic) bond motifs is 1. The van der Waals surface area contributed by atoms with Gasteiger partial charge < -0.3 is 9.47 Å². The molecule has 0 aliphatic carbocycles. The summed E-state index contributed by atoms with van der Waals surface area (Å²) in [4.78, 5) is 15.3. The zero-order chi connectivity index (χ0) is 23.5. The Morgan fingerprint density at radius 3 is 2.47 bits per heavy atom. The summed E-state index contributed by atoms with van der Waals surface area (Å²) < 4.78 is 11.9. The molecule has 4 nitrogen and oxygen atoms in total. The number of thioether (sulfide) groups is 1. The Hall–Kier alpha value is -3.61. The first kappa shape index (κ1) is 22.2. The second kappa shape index (κ2) is 9.71. The highest BCUT2D eigenvalue weighted by molar-refractivity contribution is 8.27. The standard InChI is InChI=1S/C28H21NO3S2/c1-31-23-15-13-22(14-16-23)29-27(30)26(34-28(29)33)17-20-8-3-5-12-25(20)32-18-21-10-6-9-19-7-2-4-11-24(19)21/h2-17H,18H2,1H3/b26-17+. The SMILES string of the molecule is COc1ccc(N2C(=O)/C(=C\c3ccccc3OCc3cccc4ccccc34)SC2=S)cc1. The molecule has 0 aromatic heterocycles. The van der Waals surface area contributed by atoms with Crippen molar-refractivity contribution in [2.24, 2.45) is 0 Å². The van der Waals surface area contributed by atoms with Crippen LogP contribution in [0.4, 0.5) is 5.69 Å². The quantitative estimate of drug-likeness (QED) is 0.222. The van der Waals surface area contributed by atoms with E-state index in [1.807, 2.05) is 72.8 Å². The Balaban J connectivity index is 1.39. The molecule has 1 saturated heterocycles. The van der Waals surface area contributed by atoms with Gasteiger partial charge in [0.05, 0.1) is 17.7 Å². The number of ether oxygens (including phenoxy) is 2. The molecule has 168 valence electrons. The summed E-state index contributed by atoms with van der Waals surface area (Å²) >= 11 is 6.80. The van der Waals surface area contributed by atoms with E-state index in [1.54, 1.807) is 12.0 Å². The number of thiocarbonyl (C=S) groups is 1. The molecule has 0 unspecified atom stereocenters. The van der Waals surface area contributed by atoms with E-state index < -0.39 is 0 Å². The fourth-order valence-corrected chi connectivity index (χ4v) is 5.16. The third-order valence-corrected chi connectivity index (χ3v) is 6.90. The number of rotatable bonds is 6. The number of benzene rings is 4. The van der Waals surface area contributed by atoms with Crippen LogP contribution in [0.15, 0.2) is 95.9 Å². The molecular formula is C28H21NO3S2. The highest BCUT2D eigenvalue weighted by atomic mass is 32.2. The maximum absolute atomic E-state index is 13.2. The lowest BCUT2D eigenvalue weighted by Crippen LogP contribution is -2.27. The maximum Gasteiger partial charge on any atom is 0.270 e. The van der Waals surface area contributed by atoms with E-state index in [1.165, 1.54) is 22.5 Å². The first-order valence-electron chi connectivity index (χ1n) is 10.7. The predicted molar refractivity (Wildman–Crippen MR) is 143 cm³/mol. The Bertz CT molecular complexity index is 1410. The molecule has 0 spiro atoms. The lowest BCUT2D eigenvalue weighted by molar-refractivity contribution is -0.113. The van der Waals surface area contributed by atoms with Gasteiger partial charge in [0.1, 0.15) is 18.1 Å². The molecule has 0 radical (unpaired) electrons. The van der Waals surface area contributed by atoms with Crippen LogP contribution in [-0.2, 0) is 11.4 Å². The van der Waals surface area contributed by atoms with Crippen molar-refractivity contribution in [3.05, 3.63) is 107 Å². The summed E-state index contributed by atoms with van der Waals surface area (Å²) in [5.41, 5.74) is 2.66. The molecule has 0 saturated carbocycles. The lowest BCUT2D eigenvalue weighted by atomic mass is 10.1. The van der Waals surface area contributed by atoms with Crippen molar-refractivity contribution in [2.75, 3.05) is 12.0 Å². The molecule has 5 rings (SSSR count). The topological polar surface area (TPSA) is 38.8 Å². The van der Waals surface area contributed by atoms with Crippen molar-refractivity contribution in [3.63, 3.8) is 0 Å². The third-order valence-electron chi connectivity index (χ3n) is 5.59. The predicted octanol–water partition coefficient (Wildman–Crippen LogP) is 6.83. The van der Waals surface area contributed by atoms with Crippen LogP contribution in [0.3, 0.4) is 0 Å². The molecule has 1 heterocycles. The smallest absolute Gasteiger partial charge is 0.270 e. The Kier molecular flexibility index (Phi) is 6.34. The molecule has 4 aromatic rings. The summed E-state index contributed by atoms with van der Waals surface area (Å²) in [6.45, 7) is 0.430. The van der Waals surface area contributed by atoms with E-state index in [2.05, 4.69) is 24.3 Å². The molecule has 1 aliphatic rings. The summed E-state index contributed by atoms with van der Waals surface area (Å²) in [7, 11) is 1.61. The molecule has 1 aliphatic heterocycles. The fraction of sp³-hybridized carbons (Fsp3) is 0.0714. The van der Waals surface area contributed by atoms with Gasteiger partial charge in [-0.15, -0.1) is 0 Å². The van der Waals surface area contributed by atoms with Gasteiger partial charge in [0.2, 0.25) is 0 Å². The number of nitrogens with zero attached hydrogens (tertiary/aromatic N) is 1. The molecule has 1 amide bonds. The van der Waals surface area contributed by atoms with Crippen molar-refractivity contribution < 1.29 is 14.3 Å². The van der Waals surface area contributed by atoms with Gasteiger partial charge in [-0.2, -0.15) is 0 Å². The monoisotopic (exact) mass is 483 g/mol. The van der Waals surface area contributed by atoms with Crippen molar-refractivity contribution in [2.45, 2.75) is 6.61 Å².